The van der Waals surface area contributed by atoms with Gasteiger partial charge >= 0.3 is 0 Å². The number of hydrogen-bond donors (Lipinski definition) is 2. The second-order valence-corrected chi connectivity index (χ2v) is 9.68. The summed E-state index contributed by atoms with van der Waals surface area (Å²) in [6.45, 7) is 4.72. The average molecular weight is 454 g/mol. The Labute approximate surface area is 187 Å². The monoisotopic (exact) mass is 453 g/mol. The lowest BCUT2D eigenvalue weighted by atomic mass is 9.98. The number of carbonyl (C=O) groups excluding carboxylic acids is 1. The maximum Gasteiger partial charge on any atom is 0.257 e. The summed E-state index contributed by atoms with van der Waals surface area (Å²) in [5.74, 6) is -0.0600. The third-order valence-corrected chi connectivity index (χ3v) is 6.84. The molecule has 1 atom stereocenters. The zero-order chi connectivity index (χ0) is 22.9. The molecule has 1 saturated heterocycles. The molecule has 3 aromatic rings. The molecular weight excluding hydrogens is 426 g/mol. The number of nitrogens with zero attached hydrogens (tertiary/aromatic N) is 3. The van der Waals surface area contributed by atoms with Gasteiger partial charge in [-0.05, 0) is 69.0 Å². The van der Waals surface area contributed by atoms with Crippen LogP contribution in [0.25, 0.3) is 11.0 Å². The van der Waals surface area contributed by atoms with Crippen LogP contribution in [0.15, 0.2) is 47.5 Å². The molecule has 1 amide bonds. The first kappa shape index (κ1) is 22.2. The number of hydrogen-bond acceptors (Lipinski definition) is 6. The van der Waals surface area contributed by atoms with Crippen molar-refractivity contribution in [3.63, 3.8) is 0 Å². The van der Waals surface area contributed by atoms with E-state index in [9.17, 15) is 13.2 Å². The van der Waals surface area contributed by atoms with Crippen molar-refractivity contribution < 1.29 is 13.2 Å². The first-order valence-corrected chi connectivity index (χ1v) is 12.3. The van der Waals surface area contributed by atoms with Crippen LogP contribution in [-0.2, 0) is 10.0 Å². The average Bonchev–Trinajstić information content (AvgIpc) is 2.78. The van der Waals surface area contributed by atoms with E-state index in [2.05, 4.69) is 22.2 Å². The molecule has 0 saturated carbocycles. The molecule has 0 unspecified atom stereocenters. The van der Waals surface area contributed by atoms with Gasteiger partial charge in [-0.15, -0.1) is 0 Å². The predicted octanol–water partition coefficient (Wildman–Crippen LogP) is 3.73. The maximum atomic E-state index is 13.6. The number of sulfonamides is 1. The minimum absolute atomic E-state index is 0.0235. The van der Waals surface area contributed by atoms with Gasteiger partial charge in [0.05, 0.1) is 16.1 Å². The molecule has 8 nitrogen and oxygen atoms in total. The van der Waals surface area contributed by atoms with E-state index in [-0.39, 0.29) is 16.8 Å². The predicted molar refractivity (Wildman–Crippen MR) is 124 cm³/mol. The number of anilines is 2. The molecule has 168 valence electrons. The normalized spacial score (nSPS) is 16.8. The van der Waals surface area contributed by atoms with Gasteiger partial charge in [0.15, 0.2) is 5.65 Å². The molecular formula is C23H27N5O3S. The maximum absolute atomic E-state index is 13.6. The van der Waals surface area contributed by atoms with Crippen molar-refractivity contribution in [3.05, 3.63) is 53.9 Å². The van der Waals surface area contributed by atoms with Gasteiger partial charge in [0, 0.05) is 35.6 Å². The van der Waals surface area contributed by atoms with Crippen LogP contribution in [0.4, 0.5) is 11.4 Å². The van der Waals surface area contributed by atoms with Crippen LogP contribution in [0.1, 0.15) is 48.7 Å². The van der Waals surface area contributed by atoms with Crippen molar-refractivity contribution in [2.24, 2.45) is 5.14 Å². The summed E-state index contributed by atoms with van der Waals surface area (Å²) in [6, 6.07) is 10.1. The molecule has 0 radical (unpaired) electrons. The fourth-order valence-electron chi connectivity index (χ4n) is 4.19. The van der Waals surface area contributed by atoms with E-state index in [0.29, 0.717) is 22.6 Å². The Kier molecular flexibility index (Phi) is 6.12. The number of fused-ring (bicyclic) bond motifs is 1. The quantitative estimate of drug-likeness (QED) is 0.608. The van der Waals surface area contributed by atoms with Crippen LogP contribution in [0.3, 0.4) is 0 Å². The van der Waals surface area contributed by atoms with E-state index in [0.717, 1.165) is 43.3 Å². The Bertz CT molecular complexity index is 1260. The summed E-state index contributed by atoms with van der Waals surface area (Å²) in [4.78, 5) is 24.5. The summed E-state index contributed by atoms with van der Waals surface area (Å²) in [5, 5.41) is 9.23. The third kappa shape index (κ3) is 4.44. The Morgan fingerprint density at radius 1 is 1.19 bits per heavy atom. The standard InChI is InChI=1S/C23H27N5O3S/c1-3-17-6-4-5-13-28(17)23(29)20-14-25-22-19(12-7-15(2)26-22)21(20)27-16-8-10-18(11-9-16)32(24,30)31/h7-12,14,17H,3-6,13H2,1-2H3,(H2,24,30,31)(H,25,26,27)/t17-/m0/s1. The number of piperidine rings is 1. The number of likely N-dealkylation sites (tertiary alicyclic amines) is 1. The number of pyridine rings is 2. The highest BCUT2D eigenvalue weighted by Gasteiger charge is 2.28. The van der Waals surface area contributed by atoms with Gasteiger partial charge in [-0.2, -0.15) is 0 Å². The molecule has 2 aromatic heterocycles. The van der Waals surface area contributed by atoms with Crippen LogP contribution in [0, 0.1) is 6.92 Å². The van der Waals surface area contributed by atoms with Crippen molar-refractivity contribution in [1.29, 1.82) is 0 Å². The largest absolute Gasteiger partial charge is 0.354 e. The summed E-state index contributed by atoms with van der Waals surface area (Å²) < 4.78 is 23.2. The van der Waals surface area contributed by atoms with Crippen molar-refractivity contribution in [2.45, 2.75) is 50.5 Å². The number of rotatable bonds is 5. The fourth-order valence-corrected chi connectivity index (χ4v) is 4.70. The van der Waals surface area contributed by atoms with E-state index >= 15 is 0 Å². The lowest BCUT2D eigenvalue weighted by Gasteiger charge is -2.35. The van der Waals surface area contributed by atoms with Crippen LogP contribution in [0.2, 0.25) is 0 Å². The lowest BCUT2D eigenvalue weighted by molar-refractivity contribution is 0.0609. The third-order valence-electron chi connectivity index (χ3n) is 5.91. The lowest BCUT2D eigenvalue weighted by Crippen LogP contribution is -2.43. The molecule has 1 fully saturated rings. The van der Waals surface area contributed by atoms with Gasteiger partial charge < -0.3 is 10.2 Å². The Balaban J connectivity index is 1.79. The first-order chi connectivity index (χ1) is 15.3. The van der Waals surface area contributed by atoms with Gasteiger partial charge in [-0.3, -0.25) is 4.79 Å². The van der Waals surface area contributed by atoms with Crippen molar-refractivity contribution in [2.75, 3.05) is 11.9 Å². The number of amides is 1. The number of primary sulfonamides is 1. The topological polar surface area (TPSA) is 118 Å². The van der Waals surface area contributed by atoms with Crippen molar-refractivity contribution >= 4 is 38.3 Å². The first-order valence-electron chi connectivity index (χ1n) is 10.7. The van der Waals surface area contributed by atoms with E-state index in [1.807, 2.05) is 24.0 Å². The minimum Gasteiger partial charge on any atom is -0.354 e. The molecule has 9 heteroatoms. The van der Waals surface area contributed by atoms with E-state index in [4.69, 9.17) is 5.14 Å². The van der Waals surface area contributed by atoms with E-state index < -0.39 is 10.0 Å². The summed E-state index contributed by atoms with van der Waals surface area (Å²) in [6.07, 6.45) is 5.61. The number of nitrogens with one attached hydrogen (secondary N) is 1. The fraction of sp³-hybridized carbons (Fsp3) is 0.348. The van der Waals surface area contributed by atoms with Gasteiger partial charge in [0.2, 0.25) is 10.0 Å². The van der Waals surface area contributed by atoms with Gasteiger partial charge in [0.25, 0.3) is 5.91 Å². The van der Waals surface area contributed by atoms with E-state index in [1.165, 1.54) is 12.1 Å². The highest BCUT2D eigenvalue weighted by molar-refractivity contribution is 7.89. The number of carbonyl (C=O) groups is 1. The van der Waals surface area contributed by atoms with Crippen molar-refractivity contribution in [3.8, 4) is 0 Å². The molecule has 1 aromatic carbocycles. The van der Waals surface area contributed by atoms with Gasteiger partial charge in [-0.1, -0.05) is 6.92 Å². The number of aryl methyl sites for hydroxylation is 1. The molecule has 0 spiro atoms. The van der Waals surface area contributed by atoms with Crippen LogP contribution >= 0.6 is 0 Å². The molecule has 3 N–H and O–H groups in total. The zero-order valence-electron chi connectivity index (χ0n) is 18.2. The van der Waals surface area contributed by atoms with Crippen molar-refractivity contribution in [1.82, 2.24) is 14.9 Å². The summed E-state index contributed by atoms with van der Waals surface area (Å²) in [5.41, 5.74) is 3.08. The SMILES string of the molecule is CC[C@H]1CCCCN1C(=O)c1cnc2nc(C)ccc2c1Nc1ccc(S(N)(=O)=O)cc1. The second-order valence-electron chi connectivity index (χ2n) is 8.12. The molecule has 1 aliphatic rings. The highest BCUT2D eigenvalue weighted by Crippen LogP contribution is 2.32. The molecule has 4 rings (SSSR count). The minimum atomic E-state index is -3.79. The number of benzene rings is 1. The molecule has 32 heavy (non-hydrogen) atoms. The zero-order valence-corrected chi connectivity index (χ0v) is 19.0. The van der Waals surface area contributed by atoms with Gasteiger partial charge in [-0.25, -0.2) is 23.5 Å². The summed E-state index contributed by atoms with van der Waals surface area (Å²) >= 11 is 0. The Morgan fingerprint density at radius 2 is 1.94 bits per heavy atom. The summed E-state index contributed by atoms with van der Waals surface area (Å²) in [7, 11) is -3.79. The van der Waals surface area contributed by atoms with Crippen LogP contribution in [0.5, 0.6) is 0 Å². The smallest absolute Gasteiger partial charge is 0.257 e. The molecule has 3 heterocycles. The van der Waals surface area contributed by atoms with Crippen LogP contribution < -0.4 is 10.5 Å². The molecule has 0 aliphatic carbocycles. The molecule has 0 bridgehead atoms. The Morgan fingerprint density at radius 3 is 2.62 bits per heavy atom. The van der Waals surface area contributed by atoms with E-state index in [1.54, 1.807) is 18.3 Å². The van der Waals surface area contributed by atoms with Gasteiger partial charge in [0.1, 0.15) is 0 Å². The number of aromatic nitrogens is 2. The van der Waals surface area contributed by atoms with Crippen LogP contribution in [-0.4, -0.2) is 41.8 Å². The Hall–Kier alpha value is -3.04. The number of nitrogens with two attached hydrogens (primary N) is 1. The second kappa shape index (κ2) is 8.84. The molecule has 1 aliphatic heterocycles. The highest BCUT2D eigenvalue weighted by atomic mass is 32.2.